The standard InChI is InChI=1S/C12H11F6N5O8S2/c13-11(14,15)32(25,26)30-6-4(1-24)29-10(7(6)31-33(27,28)12(16,17)18)23-3-22-5-8(19)20-2-21-9(5)23/h2-4,6-7,10,24H,1H2,(H2,19,20,21)/t4-,6-,7-,10-/m1/s1. The predicted molar refractivity (Wildman–Crippen MR) is 90.4 cm³/mol. The molecule has 13 nitrogen and oxygen atoms in total. The fraction of sp³-hybridized carbons (Fsp3) is 0.583. The maximum absolute atomic E-state index is 12.9. The van der Waals surface area contributed by atoms with Crippen molar-refractivity contribution in [1.29, 1.82) is 0 Å². The Morgan fingerprint density at radius 2 is 1.55 bits per heavy atom. The minimum absolute atomic E-state index is 0.175. The van der Waals surface area contributed by atoms with Gasteiger partial charge in [0, 0.05) is 0 Å². The maximum Gasteiger partial charge on any atom is 0.523 e. The van der Waals surface area contributed by atoms with Crippen LogP contribution in [0.1, 0.15) is 6.23 Å². The van der Waals surface area contributed by atoms with Crippen LogP contribution in [0, 0.1) is 0 Å². The number of aromatic nitrogens is 4. The molecular weight excluding hydrogens is 520 g/mol. The van der Waals surface area contributed by atoms with E-state index in [0.717, 1.165) is 12.7 Å². The highest BCUT2D eigenvalue weighted by atomic mass is 32.2. The summed E-state index contributed by atoms with van der Waals surface area (Å²) in [6.07, 6.45) is -8.02. The molecule has 2 aromatic heterocycles. The Morgan fingerprint density at radius 1 is 1.00 bits per heavy atom. The monoisotopic (exact) mass is 531 g/mol. The number of halogens is 6. The molecule has 3 rings (SSSR count). The second kappa shape index (κ2) is 8.16. The van der Waals surface area contributed by atoms with Gasteiger partial charge in [-0.3, -0.25) is 12.9 Å². The molecule has 4 atom stereocenters. The lowest BCUT2D eigenvalue weighted by molar-refractivity contribution is -0.0718. The number of anilines is 1. The SMILES string of the molecule is Nc1ncnc2c1ncn2[C@@H]1O[C@H](CO)[C@@H](OS(=O)(=O)C(F)(F)F)[C@H]1OS(=O)(=O)C(F)(F)F. The average molecular weight is 531 g/mol. The minimum Gasteiger partial charge on any atom is -0.394 e. The summed E-state index contributed by atoms with van der Waals surface area (Å²) in [5.41, 5.74) is -7.04. The van der Waals surface area contributed by atoms with E-state index in [1.165, 1.54) is 0 Å². The van der Waals surface area contributed by atoms with E-state index in [1.807, 2.05) is 0 Å². The van der Waals surface area contributed by atoms with Crippen molar-refractivity contribution < 1.29 is 61.4 Å². The van der Waals surface area contributed by atoms with Crippen LogP contribution < -0.4 is 5.73 Å². The topological polar surface area (TPSA) is 186 Å². The Bertz CT molecular complexity index is 1250. The van der Waals surface area contributed by atoms with Crippen molar-refractivity contribution in [3.63, 3.8) is 0 Å². The van der Waals surface area contributed by atoms with Crippen LogP contribution in [0.2, 0.25) is 0 Å². The molecule has 1 saturated heterocycles. The Morgan fingerprint density at radius 3 is 2.06 bits per heavy atom. The van der Waals surface area contributed by atoms with Gasteiger partial charge in [0.2, 0.25) is 0 Å². The summed E-state index contributed by atoms with van der Waals surface area (Å²) >= 11 is 0. The van der Waals surface area contributed by atoms with Crippen molar-refractivity contribution in [3.05, 3.63) is 12.7 Å². The van der Waals surface area contributed by atoms with Crippen molar-refractivity contribution >= 4 is 37.2 Å². The number of alkyl halides is 6. The molecule has 0 spiro atoms. The number of hydrogen-bond acceptors (Lipinski definition) is 12. The molecule has 1 aliphatic rings. The van der Waals surface area contributed by atoms with Gasteiger partial charge in [-0.05, 0) is 0 Å². The van der Waals surface area contributed by atoms with Crippen LogP contribution in [-0.4, -0.2) is 77.4 Å². The first kappa shape index (κ1) is 25.3. The Balaban J connectivity index is 2.14. The quantitative estimate of drug-likeness (QED) is 0.284. The molecule has 186 valence electrons. The highest BCUT2D eigenvalue weighted by Gasteiger charge is 2.59. The van der Waals surface area contributed by atoms with Gasteiger partial charge in [0.25, 0.3) is 0 Å². The molecule has 0 aliphatic carbocycles. The lowest BCUT2D eigenvalue weighted by Gasteiger charge is -2.24. The van der Waals surface area contributed by atoms with Gasteiger partial charge >= 0.3 is 31.3 Å². The third-order valence-electron chi connectivity index (χ3n) is 4.17. The molecule has 0 radical (unpaired) electrons. The summed E-state index contributed by atoms with van der Waals surface area (Å²) in [5.74, 6) is -0.247. The molecular formula is C12H11F6N5O8S2. The second-order valence-corrected chi connectivity index (χ2v) is 9.38. The van der Waals surface area contributed by atoms with E-state index < -0.39 is 62.4 Å². The molecule has 0 amide bonds. The van der Waals surface area contributed by atoms with Crippen molar-refractivity contribution in [1.82, 2.24) is 19.5 Å². The third-order valence-corrected chi connectivity index (χ3v) is 6.25. The zero-order valence-corrected chi connectivity index (χ0v) is 17.1. The lowest BCUT2D eigenvalue weighted by atomic mass is 10.1. The van der Waals surface area contributed by atoms with E-state index in [4.69, 9.17) is 10.5 Å². The Hall–Kier alpha value is -2.33. The largest absolute Gasteiger partial charge is 0.523 e. The summed E-state index contributed by atoms with van der Waals surface area (Å²) in [4.78, 5) is 11.0. The molecule has 2 aromatic rings. The fourth-order valence-corrected chi connectivity index (χ4v) is 4.00. The van der Waals surface area contributed by atoms with Gasteiger partial charge in [-0.25, -0.2) is 15.0 Å². The van der Waals surface area contributed by atoms with Crippen LogP contribution in [0.4, 0.5) is 32.2 Å². The molecule has 0 saturated carbocycles. The van der Waals surface area contributed by atoms with Gasteiger partial charge in [0.05, 0.1) is 12.9 Å². The molecule has 0 bridgehead atoms. The molecule has 0 aromatic carbocycles. The van der Waals surface area contributed by atoms with E-state index in [1.54, 1.807) is 0 Å². The highest BCUT2D eigenvalue weighted by Crippen LogP contribution is 2.40. The van der Waals surface area contributed by atoms with Crippen LogP contribution in [0.3, 0.4) is 0 Å². The van der Waals surface area contributed by atoms with Gasteiger partial charge < -0.3 is 15.6 Å². The summed E-state index contributed by atoms with van der Waals surface area (Å²) in [5, 5.41) is 9.41. The summed E-state index contributed by atoms with van der Waals surface area (Å²) in [6, 6.07) is 0. The smallest absolute Gasteiger partial charge is 0.394 e. The number of rotatable bonds is 6. The van der Waals surface area contributed by atoms with Crippen molar-refractivity contribution in [2.75, 3.05) is 12.3 Å². The first-order valence-electron chi connectivity index (χ1n) is 8.18. The van der Waals surface area contributed by atoms with Crippen LogP contribution in [0.5, 0.6) is 0 Å². The molecule has 1 aliphatic heterocycles. The van der Waals surface area contributed by atoms with Gasteiger partial charge in [0.15, 0.2) is 23.8 Å². The van der Waals surface area contributed by atoms with Crippen LogP contribution >= 0.6 is 0 Å². The molecule has 21 heteroatoms. The van der Waals surface area contributed by atoms with E-state index in [0.29, 0.717) is 4.57 Å². The maximum atomic E-state index is 12.9. The van der Waals surface area contributed by atoms with Gasteiger partial charge in [-0.15, -0.1) is 0 Å². The second-order valence-electron chi connectivity index (χ2n) is 6.25. The normalized spacial score (nSPS) is 25.1. The lowest BCUT2D eigenvalue weighted by Crippen LogP contribution is -2.44. The van der Waals surface area contributed by atoms with Gasteiger partial charge in [-0.2, -0.15) is 43.2 Å². The number of hydrogen-bond donors (Lipinski definition) is 2. The number of aliphatic hydroxyl groups excluding tert-OH is 1. The number of aliphatic hydroxyl groups is 1. The van der Waals surface area contributed by atoms with E-state index in [2.05, 4.69) is 23.3 Å². The van der Waals surface area contributed by atoms with Crippen LogP contribution in [-0.2, 0) is 33.3 Å². The molecule has 0 unspecified atom stereocenters. The molecule has 3 heterocycles. The van der Waals surface area contributed by atoms with Gasteiger partial charge in [0.1, 0.15) is 24.1 Å². The van der Waals surface area contributed by atoms with E-state index >= 15 is 0 Å². The number of imidazole rings is 1. The molecule has 3 N–H and O–H groups in total. The fourth-order valence-electron chi connectivity index (χ4n) is 2.76. The number of ether oxygens (including phenoxy) is 1. The third kappa shape index (κ3) is 4.55. The Labute approximate surface area is 179 Å². The number of nitrogen functional groups attached to an aromatic ring is 1. The van der Waals surface area contributed by atoms with Crippen molar-refractivity contribution in [2.45, 2.75) is 35.6 Å². The minimum atomic E-state index is -6.53. The number of nitrogens with zero attached hydrogens (tertiary/aromatic N) is 4. The highest BCUT2D eigenvalue weighted by molar-refractivity contribution is 7.88. The van der Waals surface area contributed by atoms with Crippen molar-refractivity contribution in [2.24, 2.45) is 0 Å². The number of fused-ring (bicyclic) bond motifs is 1. The summed E-state index contributed by atoms with van der Waals surface area (Å²) in [6.45, 7) is -1.32. The average Bonchev–Trinajstić information content (AvgIpc) is 3.22. The first-order valence-corrected chi connectivity index (χ1v) is 11.0. The summed E-state index contributed by atoms with van der Waals surface area (Å²) in [7, 11) is -13.0. The zero-order valence-electron chi connectivity index (χ0n) is 15.4. The zero-order chi connectivity index (χ0) is 25.0. The van der Waals surface area contributed by atoms with Crippen LogP contribution in [0.25, 0.3) is 11.2 Å². The molecule has 33 heavy (non-hydrogen) atoms. The predicted octanol–water partition coefficient (Wildman–Crippen LogP) is -0.232. The number of nitrogens with two attached hydrogens (primary N) is 1. The van der Waals surface area contributed by atoms with E-state index in [9.17, 15) is 48.3 Å². The van der Waals surface area contributed by atoms with Crippen molar-refractivity contribution in [3.8, 4) is 0 Å². The summed E-state index contributed by atoms with van der Waals surface area (Å²) < 4.78 is 137. The van der Waals surface area contributed by atoms with E-state index in [-0.39, 0.29) is 17.0 Å². The van der Waals surface area contributed by atoms with Gasteiger partial charge in [-0.1, -0.05) is 0 Å². The van der Waals surface area contributed by atoms with Crippen LogP contribution in [0.15, 0.2) is 12.7 Å². The Kier molecular flexibility index (Phi) is 6.25. The molecule has 1 fully saturated rings. The first-order chi connectivity index (χ1) is 15.0.